The van der Waals surface area contributed by atoms with Crippen LogP contribution < -0.4 is 5.32 Å². The lowest BCUT2D eigenvalue weighted by Crippen LogP contribution is -2.36. The molecule has 1 saturated carbocycles. The number of hydrogen-bond acceptors (Lipinski definition) is 4. The monoisotopic (exact) mass is 342 g/mol. The first kappa shape index (κ1) is 15.3. The second kappa shape index (κ2) is 5.41. The van der Waals surface area contributed by atoms with Crippen LogP contribution in [-0.2, 0) is 9.59 Å². The smallest absolute Gasteiger partial charge is 0.307 e. The number of nitrogens with one attached hydrogen (secondary N) is 1. The first-order chi connectivity index (χ1) is 11.4. The molecule has 24 heavy (non-hydrogen) atoms. The number of aromatic nitrogens is 1. The minimum Gasteiger partial charge on any atom is -0.481 e. The van der Waals surface area contributed by atoms with Gasteiger partial charge in [-0.2, -0.15) is 0 Å². The van der Waals surface area contributed by atoms with Crippen molar-refractivity contribution in [1.82, 2.24) is 4.98 Å². The van der Waals surface area contributed by atoms with Gasteiger partial charge in [0.15, 0.2) is 5.13 Å². The van der Waals surface area contributed by atoms with Gasteiger partial charge in [-0.15, -0.1) is 0 Å². The highest BCUT2D eigenvalue weighted by molar-refractivity contribution is 7.22. The van der Waals surface area contributed by atoms with E-state index in [4.69, 9.17) is 0 Å². The summed E-state index contributed by atoms with van der Waals surface area (Å²) in [6.45, 7) is 4.08. The van der Waals surface area contributed by atoms with E-state index in [1.807, 2.05) is 32.1 Å². The fraction of sp³-hybridized carbons (Fsp3) is 0.389. The molecule has 124 valence electrons. The van der Waals surface area contributed by atoms with Crippen molar-refractivity contribution in [3.8, 4) is 0 Å². The van der Waals surface area contributed by atoms with Gasteiger partial charge in [-0.1, -0.05) is 23.5 Å². The Morgan fingerprint density at radius 2 is 1.83 bits per heavy atom. The molecule has 1 heterocycles. The van der Waals surface area contributed by atoms with Crippen LogP contribution in [0.15, 0.2) is 24.3 Å². The lowest BCUT2D eigenvalue weighted by Gasteiger charge is -2.23. The predicted octanol–water partition coefficient (Wildman–Crippen LogP) is 3.37. The fourth-order valence-corrected chi connectivity index (χ4v) is 4.89. The summed E-state index contributed by atoms with van der Waals surface area (Å²) >= 11 is 1.43. The summed E-state index contributed by atoms with van der Waals surface area (Å²) in [5.74, 6) is -2.25. The molecule has 2 aliphatic rings. The van der Waals surface area contributed by atoms with Crippen molar-refractivity contribution in [2.24, 2.45) is 23.7 Å². The van der Waals surface area contributed by atoms with Crippen LogP contribution in [0.25, 0.3) is 10.2 Å². The van der Waals surface area contributed by atoms with E-state index in [1.165, 1.54) is 16.9 Å². The molecule has 2 bridgehead atoms. The molecule has 1 amide bonds. The summed E-state index contributed by atoms with van der Waals surface area (Å²) in [7, 11) is 0. The number of carbonyl (C=O) groups excluding carboxylic acids is 1. The van der Waals surface area contributed by atoms with Gasteiger partial charge < -0.3 is 10.4 Å². The third kappa shape index (κ3) is 2.33. The fourth-order valence-electron chi connectivity index (χ4n) is 3.94. The number of amides is 1. The second-order valence-electron chi connectivity index (χ2n) is 6.75. The van der Waals surface area contributed by atoms with Gasteiger partial charge in [-0.05, 0) is 55.4 Å². The van der Waals surface area contributed by atoms with Crippen LogP contribution in [0.2, 0.25) is 0 Å². The number of carboxylic acids is 1. The van der Waals surface area contributed by atoms with Gasteiger partial charge in [-0.3, -0.25) is 9.59 Å². The molecule has 4 rings (SSSR count). The Morgan fingerprint density at radius 3 is 2.54 bits per heavy atom. The predicted molar refractivity (Wildman–Crippen MR) is 93.1 cm³/mol. The molecular weight excluding hydrogens is 324 g/mol. The number of fused-ring (bicyclic) bond motifs is 3. The zero-order chi connectivity index (χ0) is 17.0. The van der Waals surface area contributed by atoms with Crippen LogP contribution >= 0.6 is 11.3 Å². The summed E-state index contributed by atoms with van der Waals surface area (Å²) in [5, 5.41) is 12.9. The molecule has 2 aromatic rings. The molecule has 4 atom stereocenters. The summed E-state index contributed by atoms with van der Waals surface area (Å²) in [5.41, 5.74) is 3.21. The Balaban J connectivity index is 1.60. The van der Waals surface area contributed by atoms with E-state index in [-0.39, 0.29) is 17.7 Å². The highest BCUT2D eigenvalue weighted by atomic mass is 32.1. The second-order valence-corrected chi connectivity index (χ2v) is 7.78. The summed E-state index contributed by atoms with van der Waals surface area (Å²) in [6.07, 6.45) is 4.68. The standard InChI is InChI=1S/C18H18N2O3S/c1-8-5-12-13(6-9(8)2)24-18(19-12)20-16(21)14-10-3-4-11(7-10)15(14)17(22)23/h3-6,10-11,14-15H,7H2,1-2H3,(H,22,23)(H,19,20,21)/t10-,11+,14+,15+/m1/s1. The number of nitrogens with zero attached hydrogens (tertiary/aromatic N) is 1. The molecule has 1 fully saturated rings. The van der Waals surface area contributed by atoms with E-state index in [9.17, 15) is 14.7 Å². The zero-order valence-corrected chi connectivity index (χ0v) is 14.3. The quantitative estimate of drug-likeness (QED) is 0.838. The van der Waals surface area contributed by atoms with Crippen molar-refractivity contribution in [1.29, 1.82) is 0 Å². The average Bonchev–Trinajstić information content (AvgIpc) is 3.20. The maximum atomic E-state index is 12.7. The topological polar surface area (TPSA) is 79.3 Å². The molecule has 5 nitrogen and oxygen atoms in total. The zero-order valence-electron chi connectivity index (χ0n) is 13.4. The number of hydrogen-bond donors (Lipinski definition) is 2. The number of rotatable bonds is 3. The molecule has 6 heteroatoms. The van der Waals surface area contributed by atoms with Crippen LogP contribution in [0.1, 0.15) is 17.5 Å². The van der Waals surface area contributed by atoms with Gasteiger partial charge in [0.05, 0.1) is 22.1 Å². The molecule has 0 spiro atoms. The first-order valence-electron chi connectivity index (χ1n) is 8.04. The van der Waals surface area contributed by atoms with Crippen molar-refractivity contribution in [2.75, 3.05) is 5.32 Å². The number of allylic oxidation sites excluding steroid dienone is 2. The van der Waals surface area contributed by atoms with E-state index < -0.39 is 17.8 Å². The maximum absolute atomic E-state index is 12.7. The van der Waals surface area contributed by atoms with E-state index in [0.29, 0.717) is 5.13 Å². The van der Waals surface area contributed by atoms with Crippen molar-refractivity contribution < 1.29 is 14.7 Å². The molecule has 2 N–H and O–H groups in total. The number of carbonyl (C=O) groups is 2. The average molecular weight is 342 g/mol. The van der Waals surface area contributed by atoms with E-state index in [0.717, 1.165) is 22.2 Å². The van der Waals surface area contributed by atoms with Crippen LogP contribution in [-0.4, -0.2) is 22.0 Å². The number of benzene rings is 1. The third-order valence-corrected chi connectivity index (χ3v) is 6.21. The van der Waals surface area contributed by atoms with E-state index in [1.54, 1.807) is 0 Å². The number of thiazole rings is 1. The Bertz CT molecular complexity index is 847. The van der Waals surface area contributed by atoms with Crippen molar-refractivity contribution in [2.45, 2.75) is 20.3 Å². The lowest BCUT2D eigenvalue weighted by molar-refractivity contribution is -0.146. The van der Waals surface area contributed by atoms with Crippen LogP contribution in [0.5, 0.6) is 0 Å². The van der Waals surface area contributed by atoms with Gasteiger partial charge in [0.2, 0.25) is 5.91 Å². The minimum absolute atomic E-state index is 0.0231. The highest BCUT2D eigenvalue weighted by Crippen LogP contribution is 2.48. The number of anilines is 1. The number of aryl methyl sites for hydroxylation is 2. The molecule has 0 aliphatic heterocycles. The summed E-state index contributed by atoms with van der Waals surface area (Å²) in [6, 6.07) is 4.08. The van der Waals surface area contributed by atoms with Gasteiger partial charge in [0.25, 0.3) is 0 Å². The molecule has 1 aromatic heterocycles. The third-order valence-electron chi connectivity index (χ3n) is 5.28. The van der Waals surface area contributed by atoms with Crippen molar-refractivity contribution in [3.05, 3.63) is 35.4 Å². The number of carboxylic acid groups (broad SMARTS) is 1. The van der Waals surface area contributed by atoms with Gasteiger partial charge >= 0.3 is 5.97 Å². The SMILES string of the molecule is Cc1cc2nc(NC(=O)[C@@H]3[C@@H](C(=O)O)[C@H]4C=C[C@@H]3C4)sc2cc1C. The van der Waals surface area contributed by atoms with Crippen LogP contribution in [0, 0.1) is 37.5 Å². The van der Waals surface area contributed by atoms with Crippen molar-refractivity contribution in [3.63, 3.8) is 0 Å². The number of aliphatic carboxylic acids is 1. The molecule has 0 saturated heterocycles. The largest absolute Gasteiger partial charge is 0.481 e. The Hall–Kier alpha value is -2.21. The first-order valence-corrected chi connectivity index (χ1v) is 8.85. The van der Waals surface area contributed by atoms with Gasteiger partial charge in [-0.25, -0.2) is 4.98 Å². The minimum atomic E-state index is -0.887. The van der Waals surface area contributed by atoms with E-state index in [2.05, 4.69) is 16.4 Å². The van der Waals surface area contributed by atoms with Crippen LogP contribution in [0.4, 0.5) is 5.13 Å². The molecular formula is C18H18N2O3S. The summed E-state index contributed by atoms with van der Waals surface area (Å²) < 4.78 is 1.02. The Morgan fingerprint density at radius 1 is 1.17 bits per heavy atom. The Kier molecular flexibility index (Phi) is 3.46. The molecule has 2 aliphatic carbocycles. The molecule has 0 unspecified atom stereocenters. The maximum Gasteiger partial charge on any atom is 0.307 e. The normalized spacial score (nSPS) is 27.8. The molecule has 0 radical (unpaired) electrons. The van der Waals surface area contributed by atoms with Gasteiger partial charge in [0.1, 0.15) is 0 Å². The lowest BCUT2D eigenvalue weighted by atomic mass is 9.82. The van der Waals surface area contributed by atoms with Gasteiger partial charge in [0, 0.05) is 0 Å². The Labute approximate surface area is 143 Å². The van der Waals surface area contributed by atoms with Crippen LogP contribution in [0.3, 0.4) is 0 Å². The highest BCUT2D eigenvalue weighted by Gasteiger charge is 2.51. The van der Waals surface area contributed by atoms with Crippen molar-refractivity contribution >= 4 is 38.6 Å². The molecule has 1 aromatic carbocycles. The summed E-state index contributed by atoms with van der Waals surface area (Å²) in [4.78, 5) is 28.7. The van der Waals surface area contributed by atoms with E-state index >= 15 is 0 Å².